The fourth-order valence-electron chi connectivity index (χ4n) is 1.87. The van der Waals surface area contributed by atoms with Gasteiger partial charge in [-0.1, -0.05) is 30.3 Å². The SMILES string of the molecule is O=C(NC(CCl)Cc1ccccc1)c1ccncc1F. The molecule has 1 unspecified atom stereocenters. The highest BCUT2D eigenvalue weighted by Crippen LogP contribution is 2.08. The van der Waals surface area contributed by atoms with E-state index in [9.17, 15) is 9.18 Å². The van der Waals surface area contributed by atoms with Crippen LogP contribution >= 0.6 is 11.6 Å². The number of benzene rings is 1. The number of pyridine rings is 1. The van der Waals surface area contributed by atoms with Gasteiger partial charge in [-0.2, -0.15) is 0 Å². The van der Waals surface area contributed by atoms with Crippen LogP contribution in [0.5, 0.6) is 0 Å². The Morgan fingerprint density at radius 1 is 1.30 bits per heavy atom. The molecule has 1 N–H and O–H groups in total. The maximum absolute atomic E-state index is 13.5. The Balaban J connectivity index is 2.03. The average molecular weight is 293 g/mol. The summed E-state index contributed by atoms with van der Waals surface area (Å²) in [4.78, 5) is 15.6. The van der Waals surface area contributed by atoms with Crippen LogP contribution in [-0.4, -0.2) is 22.8 Å². The molecular weight excluding hydrogens is 279 g/mol. The molecule has 1 atom stereocenters. The third kappa shape index (κ3) is 3.78. The van der Waals surface area contributed by atoms with Gasteiger partial charge in [-0.25, -0.2) is 4.39 Å². The van der Waals surface area contributed by atoms with Crippen LogP contribution in [0.15, 0.2) is 48.8 Å². The van der Waals surface area contributed by atoms with Crippen molar-refractivity contribution in [3.63, 3.8) is 0 Å². The lowest BCUT2D eigenvalue weighted by molar-refractivity contribution is 0.0936. The molecular formula is C15H14ClFN2O. The van der Waals surface area contributed by atoms with Crippen LogP contribution in [0, 0.1) is 5.82 Å². The van der Waals surface area contributed by atoms with Crippen LogP contribution in [0.25, 0.3) is 0 Å². The Morgan fingerprint density at radius 2 is 2.05 bits per heavy atom. The Bertz CT molecular complexity index is 577. The number of halogens is 2. The fraction of sp³-hybridized carbons (Fsp3) is 0.200. The van der Waals surface area contributed by atoms with E-state index in [0.717, 1.165) is 11.8 Å². The first-order valence-corrected chi connectivity index (χ1v) is 6.74. The number of nitrogens with one attached hydrogen (secondary N) is 1. The minimum atomic E-state index is -0.641. The molecule has 20 heavy (non-hydrogen) atoms. The predicted octanol–water partition coefficient (Wildman–Crippen LogP) is 2.80. The topological polar surface area (TPSA) is 42.0 Å². The zero-order valence-corrected chi connectivity index (χ0v) is 11.5. The van der Waals surface area contributed by atoms with Crippen LogP contribution in [-0.2, 0) is 6.42 Å². The Kier molecular flexibility index (Phi) is 5.07. The van der Waals surface area contributed by atoms with Crippen LogP contribution in [0.2, 0.25) is 0 Å². The summed E-state index contributed by atoms with van der Waals surface area (Å²) in [5, 5.41) is 2.73. The molecule has 0 radical (unpaired) electrons. The summed E-state index contributed by atoms with van der Waals surface area (Å²) in [5.41, 5.74) is 1.04. The van der Waals surface area contributed by atoms with Crippen molar-refractivity contribution in [1.82, 2.24) is 10.3 Å². The number of alkyl halides is 1. The first-order chi connectivity index (χ1) is 9.70. The van der Waals surface area contributed by atoms with Gasteiger partial charge in [0.2, 0.25) is 0 Å². The van der Waals surface area contributed by atoms with Crippen molar-refractivity contribution in [1.29, 1.82) is 0 Å². The van der Waals surface area contributed by atoms with Crippen molar-refractivity contribution in [3.05, 3.63) is 65.7 Å². The van der Waals surface area contributed by atoms with Crippen LogP contribution < -0.4 is 5.32 Å². The number of carbonyl (C=O) groups excluding carboxylic acids is 1. The van der Waals surface area contributed by atoms with Crippen molar-refractivity contribution < 1.29 is 9.18 Å². The zero-order valence-electron chi connectivity index (χ0n) is 10.7. The lowest BCUT2D eigenvalue weighted by Crippen LogP contribution is -2.38. The van der Waals surface area contributed by atoms with Crippen molar-refractivity contribution in [2.45, 2.75) is 12.5 Å². The van der Waals surface area contributed by atoms with E-state index in [1.54, 1.807) is 0 Å². The van der Waals surface area contributed by atoms with Gasteiger partial charge in [-0.15, -0.1) is 11.6 Å². The van der Waals surface area contributed by atoms with Gasteiger partial charge < -0.3 is 5.32 Å². The largest absolute Gasteiger partial charge is 0.348 e. The molecule has 1 amide bonds. The number of aromatic nitrogens is 1. The predicted molar refractivity (Wildman–Crippen MR) is 76.3 cm³/mol. The monoisotopic (exact) mass is 292 g/mol. The van der Waals surface area contributed by atoms with Crippen molar-refractivity contribution in [3.8, 4) is 0 Å². The van der Waals surface area contributed by atoms with Crippen LogP contribution in [0.1, 0.15) is 15.9 Å². The van der Waals surface area contributed by atoms with Gasteiger partial charge in [0.1, 0.15) is 0 Å². The standard InChI is InChI=1S/C15H14ClFN2O/c16-9-12(8-11-4-2-1-3-5-11)19-15(20)13-6-7-18-10-14(13)17/h1-7,10,12H,8-9H2,(H,19,20). The quantitative estimate of drug-likeness (QED) is 0.861. The minimum Gasteiger partial charge on any atom is -0.348 e. The van der Waals surface area contributed by atoms with Gasteiger partial charge in [0.25, 0.3) is 5.91 Å². The van der Waals surface area contributed by atoms with Crippen molar-refractivity contribution in [2.75, 3.05) is 5.88 Å². The van der Waals surface area contributed by atoms with E-state index in [2.05, 4.69) is 10.3 Å². The van der Waals surface area contributed by atoms with Crippen molar-refractivity contribution in [2.24, 2.45) is 0 Å². The van der Waals surface area contributed by atoms with Crippen LogP contribution in [0.4, 0.5) is 4.39 Å². The van der Waals surface area contributed by atoms with Gasteiger partial charge in [0.15, 0.2) is 5.82 Å². The summed E-state index contributed by atoms with van der Waals surface area (Å²) in [6, 6.07) is 10.8. The average Bonchev–Trinajstić information content (AvgIpc) is 2.48. The summed E-state index contributed by atoms with van der Waals surface area (Å²) in [5.74, 6) is -0.864. The smallest absolute Gasteiger partial charge is 0.254 e. The maximum atomic E-state index is 13.5. The molecule has 0 saturated carbocycles. The molecule has 0 aliphatic carbocycles. The van der Waals surface area contributed by atoms with E-state index in [1.165, 1.54) is 12.3 Å². The Hall–Kier alpha value is -1.94. The lowest BCUT2D eigenvalue weighted by atomic mass is 10.1. The lowest BCUT2D eigenvalue weighted by Gasteiger charge is -2.16. The summed E-state index contributed by atoms with van der Waals surface area (Å²) in [6.07, 6.45) is 3.00. The Morgan fingerprint density at radius 3 is 2.70 bits per heavy atom. The first-order valence-electron chi connectivity index (χ1n) is 6.21. The summed E-state index contributed by atoms with van der Waals surface area (Å²) in [7, 11) is 0. The molecule has 2 rings (SSSR count). The molecule has 0 aliphatic rings. The molecule has 0 aliphatic heterocycles. The second-order valence-electron chi connectivity index (χ2n) is 4.37. The third-order valence-corrected chi connectivity index (χ3v) is 3.24. The molecule has 104 valence electrons. The number of amides is 1. The molecule has 0 spiro atoms. The third-order valence-electron chi connectivity index (χ3n) is 2.86. The first kappa shape index (κ1) is 14.5. The molecule has 5 heteroatoms. The molecule has 0 fully saturated rings. The normalized spacial score (nSPS) is 11.9. The van der Waals surface area contributed by atoms with E-state index < -0.39 is 11.7 Å². The highest BCUT2D eigenvalue weighted by atomic mass is 35.5. The molecule has 0 saturated heterocycles. The van der Waals surface area contributed by atoms with E-state index in [-0.39, 0.29) is 17.5 Å². The number of hydrogen-bond acceptors (Lipinski definition) is 2. The van der Waals surface area contributed by atoms with E-state index >= 15 is 0 Å². The molecule has 3 nitrogen and oxygen atoms in total. The minimum absolute atomic E-state index is 0.0248. The molecule has 2 aromatic rings. The second-order valence-corrected chi connectivity index (χ2v) is 4.68. The number of hydrogen-bond donors (Lipinski definition) is 1. The number of nitrogens with zero attached hydrogens (tertiary/aromatic N) is 1. The second kappa shape index (κ2) is 7.01. The van der Waals surface area contributed by atoms with Gasteiger partial charge in [0, 0.05) is 18.1 Å². The molecule has 1 aromatic heterocycles. The summed E-state index contributed by atoms with van der Waals surface area (Å²) in [6.45, 7) is 0. The van der Waals surface area contributed by atoms with Gasteiger partial charge in [0.05, 0.1) is 11.8 Å². The molecule has 1 aromatic carbocycles. The van der Waals surface area contributed by atoms with Crippen LogP contribution in [0.3, 0.4) is 0 Å². The fourth-order valence-corrected chi connectivity index (χ4v) is 2.05. The van der Waals surface area contributed by atoms with E-state index in [1.807, 2.05) is 30.3 Å². The highest BCUT2D eigenvalue weighted by molar-refractivity contribution is 6.18. The Labute approximate surface area is 121 Å². The zero-order chi connectivity index (χ0) is 14.4. The van der Waals surface area contributed by atoms with E-state index in [4.69, 9.17) is 11.6 Å². The van der Waals surface area contributed by atoms with Gasteiger partial charge >= 0.3 is 0 Å². The molecule has 0 bridgehead atoms. The summed E-state index contributed by atoms with van der Waals surface area (Å²) >= 11 is 5.87. The summed E-state index contributed by atoms with van der Waals surface area (Å²) < 4.78 is 13.5. The number of rotatable bonds is 5. The number of carbonyl (C=O) groups is 1. The van der Waals surface area contributed by atoms with Gasteiger partial charge in [-0.05, 0) is 18.1 Å². The van der Waals surface area contributed by atoms with Crippen molar-refractivity contribution >= 4 is 17.5 Å². The van der Waals surface area contributed by atoms with Gasteiger partial charge in [-0.3, -0.25) is 9.78 Å². The maximum Gasteiger partial charge on any atom is 0.254 e. The highest BCUT2D eigenvalue weighted by Gasteiger charge is 2.16. The van der Waals surface area contributed by atoms with E-state index in [0.29, 0.717) is 6.42 Å². The molecule has 1 heterocycles.